The normalized spacial score (nSPS) is 16.7. The van der Waals surface area contributed by atoms with Crippen LogP contribution in [0, 0.1) is 5.82 Å². The molecule has 0 atom stereocenters. The van der Waals surface area contributed by atoms with Gasteiger partial charge in [0.25, 0.3) is 0 Å². The summed E-state index contributed by atoms with van der Waals surface area (Å²) >= 11 is 1.23. The molecular formula is C21H21FN4O5S. The number of carbonyl (C=O) groups excluding carboxylic acids is 2. The van der Waals surface area contributed by atoms with E-state index in [2.05, 4.69) is 9.98 Å². The number of benzene rings is 1. The van der Waals surface area contributed by atoms with Gasteiger partial charge in [0, 0.05) is 37.3 Å². The molecule has 0 radical (unpaired) electrons. The second-order valence-electron chi connectivity index (χ2n) is 7.03. The number of anilines is 1. The Kier molecular flexibility index (Phi) is 6.08. The van der Waals surface area contributed by atoms with E-state index in [0.717, 1.165) is 0 Å². The highest BCUT2D eigenvalue weighted by Gasteiger charge is 2.29. The van der Waals surface area contributed by atoms with Gasteiger partial charge >= 0.3 is 12.1 Å². The summed E-state index contributed by atoms with van der Waals surface area (Å²) in [6.45, 7) is 4.09. The Labute approximate surface area is 187 Å². The molecule has 1 amide bonds. The molecule has 0 unspecified atom stereocenters. The van der Waals surface area contributed by atoms with Gasteiger partial charge in [0.1, 0.15) is 5.82 Å². The highest BCUT2D eigenvalue weighted by molar-refractivity contribution is 7.16. The van der Waals surface area contributed by atoms with Gasteiger partial charge in [0.05, 0.1) is 24.3 Å². The number of methoxy groups -OCH3 is 1. The van der Waals surface area contributed by atoms with Gasteiger partial charge in [-0.25, -0.2) is 19.0 Å². The maximum atomic E-state index is 13.9. The van der Waals surface area contributed by atoms with Crippen molar-refractivity contribution in [1.82, 2.24) is 9.88 Å². The van der Waals surface area contributed by atoms with Crippen molar-refractivity contribution in [2.45, 2.75) is 6.92 Å². The summed E-state index contributed by atoms with van der Waals surface area (Å²) in [5, 5.41) is 11.0. The van der Waals surface area contributed by atoms with Crippen molar-refractivity contribution < 1.29 is 28.6 Å². The zero-order valence-electron chi connectivity index (χ0n) is 17.5. The highest BCUT2D eigenvalue weighted by atomic mass is 32.1. The van der Waals surface area contributed by atoms with Crippen LogP contribution in [0.25, 0.3) is 11.6 Å². The maximum absolute atomic E-state index is 13.9. The van der Waals surface area contributed by atoms with E-state index in [0.29, 0.717) is 59.6 Å². The molecule has 1 fully saturated rings. The van der Waals surface area contributed by atoms with E-state index in [9.17, 15) is 19.1 Å². The van der Waals surface area contributed by atoms with Crippen LogP contribution in [0.15, 0.2) is 23.2 Å². The molecule has 32 heavy (non-hydrogen) atoms. The number of esters is 1. The van der Waals surface area contributed by atoms with Crippen LogP contribution in [0.1, 0.15) is 17.4 Å². The first-order valence-corrected chi connectivity index (χ1v) is 10.8. The van der Waals surface area contributed by atoms with Crippen LogP contribution in [0.5, 0.6) is 5.88 Å². The monoisotopic (exact) mass is 460 g/mol. The Bertz CT molecular complexity index is 1120. The second-order valence-corrected chi connectivity index (χ2v) is 8.04. The van der Waals surface area contributed by atoms with Gasteiger partial charge in [-0.3, -0.25) is 0 Å². The molecule has 0 bridgehead atoms. The zero-order valence-corrected chi connectivity index (χ0v) is 18.3. The number of amides is 1. The fourth-order valence-electron chi connectivity index (χ4n) is 3.50. The van der Waals surface area contributed by atoms with Gasteiger partial charge in [-0.1, -0.05) is 11.3 Å². The quantitative estimate of drug-likeness (QED) is 0.699. The van der Waals surface area contributed by atoms with Crippen molar-refractivity contribution in [3.8, 4) is 5.88 Å². The van der Waals surface area contributed by atoms with E-state index in [-0.39, 0.29) is 17.7 Å². The molecule has 0 aliphatic carbocycles. The first-order valence-electron chi connectivity index (χ1n) is 9.96. The summed E-state index contributed by atoms with van der Waals surface area (Å²) in [6.07, 6.45) is 1.22. The molecule has 1 aromatic carbocycles. The Morgan fingerprint density at radius 2 is 2.03 bits per heavy atom. The first kappa shape index (κ1) is 21.8. The van der Waals surface area contributed by atoms with Crippen LogP contribution in [0.2, 0.25) is 0 Å². The standard InChI is InChI=1S/C21H21FN4O5S/c1-3-31-21(29)26-8-6-25(7-9-26)20-24-18(27)16(32-20)11-14-13-10-12(22)4-5-15(13)23-17(14)19(28)30-2/h4-5,10-11,27H,3,6-9H2,1-2H3/b14-11+. The molecule has 4 rings (SSSR count). The van der Waals surface area contributed by atoms with Crippen LogP contribution >= 0.6 is 11.3 Å². The number of thiazole rings is 1. The summed E-state index contributed by atoms with van der Waals surface area (Å²) in [5.41, 5.74) is 1.26. The molecule has 1 saturated heterocycles. The number of piperazine rings is 1. The SMILES string of the molecule is CCOC(=O)N1CCN(c2nc(O)c(/C=C3/C(C(=O)OC)=Nc4ccc(F)cc43)s2)CC1. The fourth-order valence-corrected chi connectivity index (χ4v) is 4.45. The van der Waals surface area contributed by atoms with Crippen LogP contribution in [0.4, 0.5) is 20.0 Å². The molecule has 3 heterocycles. The van der Waals surface area contributed by atoms with E-state index in [4.69, 9.17) is 9.47 Å². The molecule has 0 saturated carbocycles. The third-order valence-electron chi connectivity index (χ3n) is 5.09. The number of carbonyl (C=O) groups is 2. The van der Waals surface area contributed by atoms with Crippen molar-refractivity contribution in [3.63, 3.8) is 0 Å². The molecule has 1 aromatic heterocycles. The average molecular weight is 460 g/mol. The number of aliphatic imine (C=N–C) groups is 1. The summed E-state index contributed by atoms with van der Waals surface area (Å²) in [4.78, 5) is 36.6. The molecule has 0 spiro atoms. The summed E-state index contributed by atoms with van der Waals surface area (Å²) in [5.74, 6) is -1.34. The second kappa shape index (κ2) is 8.95. The largest absolute Gasteiger partial charge is 0.492 e. The smallest absolute Gasteiger partial charge is 0.409 e. The minimum atomic E-state index is -0.660. The third kappa shape index (κ3) is 4.15. The van der Waals surface area contributed by atoms with E-state index >= 15 is 0 Å². The number of halogens is 1. The van der Waals surface area contributed by atoms with Gasteiger partial charge in [-0.05, 0) is 31.2 Å². The topological polar surface area (TPSA) is 105 Å². The lowest BCUT2D eigenvalue weighted by atomic mass is 10.0. The summed E-state index contributed by atoms with van der Waals surface area (Å²) < 4.78 is 23.7. The predicted molar refractivity (Wildman–Crippen MR) is 118 cm³/mol. The minimum Gasteiger partial charge on any atom is -0.492 e. The minimum absolute atomic E-state index is 0.0329. The number of ether oxygens (including phenoxy) is 2. The van der Waals surface area contributed by atoms with Crippen molar-refractivity contribution in [2.24, 2.45) is 4.99 Å². The molecule has 11 heteroatoms. The van der Waals surface area contributed by atoms with Crippen molar-refractivity contribution >= 4 is 51.6 Å². The van der Waals surface area contributed by atoms with Gasteiger partial charge in [-0.15, -0.1) is 0 Å². The van der Waals surface area contributed by atoms with Gasteiger partial charge in [0.2, 0.25) is 5.88 Å². The lowest BCUT2D eigenvalue weighted by molar-refractivity contribution is -0.132. The molecular weight excluding hydrogens is 439 g/mol. The summed E-state index contributed by atoms with van der Waals surface area (Å²) in [6, 6.07) is 4.03. The Morgan fingerprint density at radius 1 is 1.28 bits per heavy atom. The predicted octanol–water partition coefficient (Wildman–Crippen LogP) is 3.07. The number of hydrogen-bond acceptors (Lipinski definition) is 9. The van der Waals surface area contributed by atoms with E-state index < -0.39 is 11.8 Å². The lowest BCUT2D eigenvalue weighted by Gasteiger charge is -2.33. The number of aromatic nitrogens is 1. The molecule has 2 aliphatic rings. The first-order chi connectivity index (χ1) is 15.4. The van der Waals surface area contributed by atoms with Gasteiger partial charge < -0.3 is 24.4 Å². The summed E-state index contributed by atoms with van der Waals surface area (Å²) in [7, 11) is 1.24. The van der Waals surface area contributed by atoms with E-state index in [1.54, 1.807) is 17.9 Å². The third-order valence-corrected chi connectivity index (χ3v) is 6.14. The average Bonchev–Trinajstić information content (AvgIpc) is 3.34. The van der Waals surface area contributed by atoms with E-state index in [1.165, 1.54) is 36.6 Å². The molecule has 1 N–H and O–H groups in total. The fraction of sp³-hybridized carbons (Fsp3) is 0.333. The number of fused-ring (bicyclic) bond motifs is 1. The Balaban J connectivity index is 1.59. The number of hydrogen-bond donors (Lipinski definition) is 1. The maximum Gasteiger partial charge on any atom is 0.409 e. The Hall–Kier alpha value is -3.47. The lowest BCUT2D eigenvalue weighted by Crippen LogP contribution is -2.48. The van der Waals surface area contributed by atoms with Crippen molar-refractivity contribution in [2.75, 3.05) is 44.8 Å². The van der Waals surface area contributed by atoms with Crippen LogP contribution in [-0.2, 0) is 14.3 Å². The molecule has 2 aliphatic heterocycles. The molecule has 168 valence electrons. The van der Waals surface area contributed by atoms with Crippen molar-refractivity contribution in [1.29, 1.82) is 0 Å². The Morgan fingerprint density at radius 3 is 2.72 bits per heavy atom. The number of aromatic hydroxyl groups is 1. The molecule has 2 aromatic rings. The highest BCUT2D eigenvalue weighted by Crippen LogP contribution is 2.40. The molecule has 9 nitrogen and oxygen atoms in total. The van der Waals surface area contributed by atoms with Gasteiger partial charge in [-0.2, -0.15) is 4.98 Å². The number of nitrogens with zero attached hydrogens (tertiary/aromatic N) is 4. The zero-order chi connectivity index (χ0) is 22.8. The van der Waals surface area contributed by atoms with Crippen LogP contribution in [-0.4, -0.2) is 72.7 Å². The van der Waals surface area contributed by atoms with Crippen molar-refractivity contribution in [3.05, 3.63) is 34.5 Å². The van der Waals surface area contributed by atoms with Crippen LogP contribution < -0.4 is 4.90 Å². The van der Waals surface area contributed by atoms with Crippen LogP contribution in [0.3, 0.4) is 0 Å². The number of rotatable bonds is 4. The van der Waals surface area contributed by atoms with E-state index in [1.807, 2.05) is 4.90 Å². The van der Waals surface area contributed by atoms with Gasteiger partial charge in [0.15, 0.2) is 10.8 Å².